The number of fused-ring (bicyclic) bond motifs is 1. The molecule has 98 valence electrons. The van der Waals surface area contributed by atoms with Gasteiger partial charge in [0.05, 0.1) is 5.52 Å². The molecule has 4 N–H and O–H groups in total. The zero-order valence-electron chi connectivity index (χ0n) is 10.2. The second-order valence-corrected chi connectivity index (χ2v) is 3.97. The fourth-order valence-electron chi connectivity index (χ4n) is 1.75. The first-order valence-corrected chi connectivity index (χ1v) is 5.80. The molecule has 1 amide bonds. The van der Waals surface area contributed by atoms with E-state index >= 15 is 0 Å². The molecule has 1 aromatic carbocycles. The number of carbonyl (C=O) groups is 1. The van der Waals surface area contributed by atoms with Crippen LogP contribution in [0.4, 0.5) is 0 Å². The minimum Gasteiger partial charge on any atom is -0.409 e. The third-order valence-electron chi connectivity index (χ3n) is 2.69. The normalized spacial score (nSPS) is 11.5. The molecule has 1 heterocycles. The first-order chi connectivity index (χ1) is 9.22. The van der Waals surface area contributed by atoms with Crippen LogP contribution in [0.2, 0.25) is 0 Å². The Balaban J connectivity index is 2.13. The van der Waals surface area contributed by atoms with Crippen LogP contribution in [-0.4, -0.2) is 28.5 Å². The lowest BCUT2D eigenvalue weighted by Crippen LogP contribution is -2.28. The number of nitrogens with zero attached hydrogens (tertiary/aromatic N) is 2. The third kappa shape index (κ3) is 2.98. The average Bonchev–Trinajstić information content (AvgIpc) is 2.46. The van der Waals surface area contributed by atoms with E-state index in [-0.39, 0.29) is 11.7 Å². The van der Waals surface area contributed by atoms with Crippen molar-refractivity contribution in [2.24, 2.45) is 10.9 Å². The van der Waals surface area contributed by atoms with Gasteiger partial charge in [-0.15, -0.1) is 0 Å². The van der Waals surface area contributed by atoms with Crippen LogP contribution in [0.15, 0.2) is 41.7 Å². The highest BCUT2D eigenvalue weighted by atomic mass is 16.4. The van der Waals surface area contributed by atoms with E-state index in [4.69, 9.17) is 10.9 Å². The SMILES string of the molecule is NC(CCNC(=O)c1cccc2ncccc12)=NO. The van der Waals surface area contributed by atoms with Gasteiger partial charge in [-0.25, -0.2) is 0 Å². The van der Waals surface area contributed by atoms with Gasteiger partial charge in [-0.05, 0) is 18.2 Å². The molecule has 2 aromatic rings. The van der Waals surface area contributed by atoms with Crippen LogP contribution in [0.1, 0.15) is 16.8 Å². The first-order valence-electron chi connectivity index (χ1n) is 5.80. The minimum atomic E-state index is -0.204. The van der Waals surface area contributed by atoms with Crippen LogP contribution in [0, 0.1) is 0 Å². The van der Waals surface area contributed by atoms with E-state index in [1.807, 2.05) is 12.1 Å². The molecule has 0 saturated carbocycles. The smallest absolute Gasteiger partial charge is 0.251 e. The van der Waals surface area contributed by atoms with Crippen molar-refractivity contribution in [2.45, 2.75) is 6.42 Å². The Kier molecular flexibility index (Phi) is 3.92. The van der Waals surface area contributed by atoms with Gasteiger partial charge in [0.1, 0.15) is 5.84 Å². The number of aromatic nitrogens is 1. The molecule has 0 bridgehead atoms. The molecule has 0 aliphatic rings. The number of hydrogen-bond acceptors (Lipinski definition) is 4. The number of amidine groups is 1. The number of amides is 1. The van der Waals surface area contributed by atoms with E-state index in [2.05, 4.69) is 15.5 Å². The maximum Gasteiger partial charge on any atom is 0.251 e. The van der Waals surface area contributed by atoms with Crippen molar-refractivity contribution in [3.8, 4) is 0 Å². The van der Waals surface area contributed by atoms with Gasteiger partial charge in [0.15, 0.2) is 0 Å². The summed E-state index contributed by atoms with van der Waals surface area (Å²) in [7, 11) is 0. The number of hydrogen-bond donors (Lipinski definition) is 3. The van der Waals surface area contributed by atoms with Crippen LogP contribution in [-0.2, 0) is 0 Å². The fraction of sp³-hybridized carbons (Fsp3) is 0.154. The first kappa shape index (κ1) is 12.8. The summed E-state index contributed by atoms with van der Waals surface area (Å²) in [5.41, 5.74) is 6.66. The van der Waals surface area contributed by atoms with E-state index in [0.717, 1.165) is 10.9 Å². The van der Waals surface area contributed by atoms with Crippen molar-refractivity contribution in [3.63, 3.8) is 0 Å². The maximum absolute atomic E-state index is 12.0. The molecule has 0 aliphatic heterocycles. The number of nitrogens with two attached hydrogens (primary N) is 1. The van der Waals surface area contributed by atoms with E-state index in [0.29, 0.717) is 18.5 Å². The van der Waals surface area contributed by atoms with E-state index in [1.54, 1.807) is 24.4 Å². The highest BCUT2D eigenvalue weighted by Gasteiger charge is 2.09. The van der Waals surface area contributed by atoms with Crippen molar-refractivity contribution in [1.29, 1.82) is 0 Å². The summed E-state index contributed by atoms with van der Waals surface area (Å²) in [4.78, 5) is 16.2. The number of benzene rings is 1. The van der Waals surface area contributed by atoms with Crippen molar-refractivity contribution in [2.75, 3.05) is 6.54 Å². The Hall–Kier alpha value is -2.63. The molecule has 6 nitrogen and oxygen atoms in total. The number of nitrogens with one attached hydrogen (secondary N) is 1. The van der Waals surface area contributed by atoms with Gasteiger partial charge in [0, 0.05) is 30.1 Å². The summed E-state index contributed by atoms with van der Waals surface area (Å²) in [6.45, 7) is 0.311. The van der Waals surface area contributed by atoms with E-state index in [9.17, 15) is 4.79 Å². The largest absolute Gasteiger partial charge is 0.409 e. The van der Waals surface area contributed by atoms with Gasteiger partial charge in [-0.2, -0.15) is 0 Å². The summed E-state index contributed by atoms with van der Waals surface area (Å²) in [6.07, 6.45) is 1.98. The molecule has 0 aliphatic carbocycles. The Morgan fingerprint density at radius 2 is 2.21 bits per heavy atom. The minimum absolute atomic E-state index is 0.0832. The highest BCUT2D eigenvalue weighted by Crippen LogP contribution is 2.15. The summed E-state index contributed by atoms with van der Waals surface area (Å²) in [5.74, 6) is -0.121. The van der Waals surface area contributed by atoms with Crippen LogP contribution in [0.3, 0.4) is 0 Å². The molecule has 0 spiro atoms. The predicted molar refractivity (Wildman–Crippen MR) is 72.1 cm³/mol. The summed E-state index contributed by atoms with van der Waals surface area (Å²) in [5, 5.41) is 14.8. The van der Waals surface area contributed by atoms with Gasteiger partial charge in [-0.1, -0.05) is 17.3 Å². The maximum atomic E-state index is 12.0. The molecule has 19 heavy (non-hydrogen) atoms. The average molecular weight is 258 g/mol. The topological polar surface area (TPSA) is 101 Å². The van der Waals surface area contributed by atoms with Gasteiger partial charge in [0.25, 0.3) is 5.91 Å². The summed E-state index contributed by atoms with van der Waals surface area (Å²) in [6, 6.07) is 9.01. The molecule has 6 heteroatoms. The Labute approximate surface area is 109 Å². The second kappa shape index (κ2) is 5.81. The third-order valence-corrected chi connectivity index (χ3v) is 2.69. The van der Waals surface area contributed by atoms with Crippen molar-refractivity contribution in [1.82, 2.24) is 10.3 Å². The van der Waals surface area contributed by atoms with Crippen LogP contribution < -0.4 is 11.1 Å². The van der Waals surface area contributed by atoms with Crippen molar-refractivity contribution < 1.29 is 10.0 Å². The molecule has 1 aromatic heterocycles. The van der Waals surface area contributed by atoms with Gasteiger partial charge in [0.2, 0.25) is 0 Å². The highest BCUT2D eigenvalue weighted by molar-refractivity contribution is 6.06. The quantitative estimate of drug-likeness (QED) is 0.331. The molecule has 0 atom stereocenters. The monoisotopic (exact) mass is 258 g/mol. The predicted octanol–water partition coefficient (Wildman–Crippen LogP) is 1.10. The van der Waals surface area contributed by atoms with Gasteiger partial charge in [-0.3, -0.25) is 9.78 Å². The lowest BCUT2D eigenvalue weighted by molar-refractivity contribution is 0.0956. The number of carbonyl (C=O) groups excluding carboxylic acids is 1. The van der Waals surface area contributed by atoms with Crippen LogP contribution in [0.25, 0.3) is 10.9 Å². The molecule has 0 saturated heterocycles. The Bertz CT molecular complexity index is 620. The molecule has 0 radical (unpaired) electrons. The molecule has 2 rings (SSSR count). The van der Waals surface area contributed by atoms with Gasteiger partial charge < -0.3 is 16.3 Å². The molecule has 0 fully saturated rings. The van der Waals surface area contributed by atoms with Crippen molar-refractivity contribution in [3.05, 3.63) is 42.1 Å². The zero-order valence-corrected chi connectivity index (χ0v) is 10.2. The van der Waals surface area contributed by atoms with Crippen LogP contribution in [0.5, 0.6) is 0 Å². The summed E-state index contributed by atoms with van der Waals surface area (Å²) >= 11 is 0. The number of oxime groups is 1. The lowest BCUT2D eigenvalue weighted by Gasteiger charge is -2.07. The van der Waals surface area contributed by atoms with E-state index < -0.39 is 0 Å². The van der Waals surface area contributed by atoms with Crippen molar-refractivity contribution >= 4 is 22.6 Å². The fourth-order valence-corrected chi connectivity index (χ4v) is 1.75. The number of pyridine rings is 1. The Morgan fingerprint density at radius 1 is 1.37 bits per heavy atom. The molecular weight excluding hydrogens is 244 g/mol. The van der Waals surface area contributed by atoms with Gasteiger partial charge >= 0.3 is 0 Å². The summed E-state index contributed by atoms with van der Waals surface area (Å²) < 4.78 is 0. The zero-order chi connectivity index (χ0) is 13.7. The molecular formula is C13H14N4O2. The molecule has 0 unspecified atom stereocenters. The lowest BCUT2D eigenvalue weighted by atomic mass is 10.1. The standard InChI is InChI=1S/C13H14N4O2/c14-12(17-19)6-8-16-13(18)10-3-1-5-11-9(10)4-2-7-15-11/h1-5,7,19H,6,8H2,(H2,14,17)(H,16,18). The van der Waals surface area contributed by atoms with Crippen LogP contribution >= 0.6 is 0 Å². The number of rotatable bonds is 4. The Morgan fingerprint density at radius 3 is 3.00 bits per heavy atom. The van der Waals surface area contributed by atoms with E-state index in [1.165, 1.54) is 0 Å². The second-order valence-electron chi connectivity index (χ2n) is 3.97.